The molecule has 0 aromatic carbocycles. The molecule has 0 N–H and O–H groups in total. The summed E-state index contributed by atoms with van der Waals surface area (Å²) in [6, 6.07) is 2.82. The number of nitrogens with zero attached hydrogens (tertiary/aromatic N) is 1. The molecular formula is C23H39N. The smallest absolute Gasteiger partial charge is 0.0689 e. The highest BCUT2D eigenvalue weighted by molar-refractivity contribution is 5.06. The van der Waals surface area contributed by atoms with Crippen LogP contribution in [0.2, 0.25) is 0 Å². The van der Waals surface area contributed by atoms with Gasteiger partial charge in [-0.3, -0.25) is 0 Å². The molecule has 0 saturated heterocycles. The number of rotatable bonds is 6. The van der Waals surface area contributed by atoms with E-state index in [9.17, 15) is 5.26 Å². The summed E-state index contributed by atoms with van der Waals surface area (Å²) in [4.78, 5) is 0. The van der Waals surface area contributed by atoms with Crippen molar-refractivity contribution in [3.8, 4) is 6.07 Å². The van der Waals surface area contributed by atoms with E-state index in [1.165, 1.54) is 89.9 Å². The molecule has 3 fully saturated rings. The maximum Gasteiger partial charge on any atom is 0.0689 e. The van der Waals surface area contributed by atoms with Crippen LogP contribution in [0.1, 0.15) is 104 Å². The second-order valence-corrected chi connectivity index (χ2v) is 9.46. The fourth-order valence-electron chi connectivity index (χ4n) is 6.67. The van der Waals surface area contributed by atoms with E-state index in [0.29, 0.717) is 0 Å². The Bertz CT molecular complexity index is 436. The minimum Gasteiger partial charge on any atom is -0.198 e. The number of nitriles is 1. The molecule has 3 aliphatic rings. The van der Waals surface area contributed by atoms with Crippen molar-refractivity contribution in [2.45, 2.75) is 104 Å². The number of hydrogen-bond donors (Lipinski definition) is 0. The third-order valence-corrected chi connectivity index (χ3v) is 8.15. The van der Waals surface area contributed by atoms with E-state index >= 15 is 0 Å². The molecule has 1 heteroatoms. The van der Waals surface area contributed by atoms with Crippen molar-refractivity contribution in [1.82, 2.24) is 0 Å². The summed E-state index contributed by atoms with van der Waals surface area (Å²) in [5.74, 6) is 4.92. The van der Waals surface area contributed by atoms with E-state index in [1.807, 2.05) is 0 Å². The summed E-state index contributed by atoms with van der Waals surface area (Å²) in [5, 5.41) is 9.94. The molecule has 0 amide bonds. The van der Waals surface area contributed by atoms with Gasteiger partial charge in [-0.05, 0) is 81.0 Å². The predicted molar refractivity (Wildman–Crippen MR) is 101 cm³/mol. The van der Waals surface area contributed by atoms with Crippen LogP contribution in [0.25, 0.3) is 0 Å². The summed E-state index contributed by atoms with van der Waals surface area (Å²) in [6.07, 6.45) is 19.0. The van der Waals surface area contributed by atoms with Gasteiger partial charge in [-0.25, -0.2) is 0 Å². The van der Waals surface area contributed by atoms with Gasteiger partial charge in [0.15, 0.2) is 0 Å². The molecule has 0 spiro atoms. The Hall–Kier alpha value is -0.510. The van der Waals surface area contributed by atoms with Crippen LogP contribution in [0.3, 0.4) is 0 Å². The molecule has 3 saturated carbocycles. The molecule has 0 aliphatic heterocycles. The third-order valence-electron chi connectivity index (χ3n) is 8.15. The van der Waals surface area contributed by atoms with E-state index < -0.39 is 0 Å². The Labute approximate surface area is 150 Å². The first kappa shape index (κ1) is 18.3. The number of unbranched alkanes of at least 4 members (excludes halogenated alkanes) is 3. The standard InChI is InChI=1S/C23H39N/c1-3-5-6-7-13-23(17-24)14-12-22-20(16-23)10-9-19-15-18(4-2)8-11-21(19)22/h18-22H,3-16H2,1-2H3. The molecule has 3 rings (SSSR count). The fourth-order valence-corrected chi connectivity index (χ4v) is 6.67. The second-order valence-electron chi connectivity index (χ2n) is 9.46. The summed E-state index contributed by atoms with van der Waals surface area (Å²) >= 11 is 0. The van der Waals surface area contributed by atoms with E-state index in [4.69, 9.17) is 0 Å². The van der Waals surface area contributed by atoms with Crippen LogP contribution in [0.4, 0.5) is 0 Å². The molecule has 1 nitrogen and oxygen atoms in total. The normalized spacial score (nSPS) is 42.0. The Kier molecular flexibility index (Phi) is 6.28. The lowest BCUT2D eigenvalue weighted by atomic mass is 9.52. The molecule has 0 aromatic heterocycles. The predicted octanol–water partition coefficient (Wildman–Crippen LogP) is 7.12. The Morgan fingerprint density at radius 1 is 0.917 bits per heavy atom. The van der Waals surface area contributed by atoms with Crippen molar-refractivity contribution in [2.24, 2.45) is 35.0 Å². The first-order valence-electron chi connectivity index (χ1n) is 11.1. The summed E-state index contributed by atoms with van der Waals surface area (Å²) in [7, 11) is 0. The van der Waals surface area contributed by atoms with Crippen LogP contribution in [-0.4, -0.2) is 0 Å². The monoisotopic (exact) mass is 329 g/mol. The minimum atomic E-state index is 0.0440. The van der Waals surface area contributed by atoms with E-state index in [1.54, 1.807) is 0 Å². The molecule has 6 atom stereocenters. The molecule has 24 heavy (non-hydrogen) atoms. The number of fused-ring (bicyclic) bond motifs is 3. The topological polar surface area (TPSA) is 23.8 Å². The Morgan fingerprint density at radius 3 is 2.46 bits per heavy atom. The van der Waals surface area contributed by atoms with Crippen LogP contribution < -0.4 is 0 Å². The van der Waals surface area contributed by atoms with Gasteiger partial charge in [0.25, 0.3) is 0 Å². The van der Waals surface area contributed by atoms with Crippen LogP contribution in [0.15, 0.2) is 0 Å². The van der Waals surface area contributed by atoms with Crippen LogP contribution in [-0.2, 0) is 0 Å². The molecule has 3 aliphatic carbocycles. The third kappa shape index (κ3) is 3.84. The molecular weight excluding hydrogens is 290 g/mol. The lowest BCUT2D eigenvalue weighted by Gasteiger charge is -2.52. The zero-order chi connectivity index (χ0) is 17.0. The Morgan fingerprint density at radius 2 is 1.71 bits per heavy atom. The van der Waals surface area contributed by atoms with Gasteiger partial charge in [0, 0.05) is 0 Å². The first-order valence-corrected chi connectivity index (χ1v) is 11.1. The van der Waals surface area contributed by atoms with Gasteiger partial charge in [-0.2, -0.15) is 5.26 Å². The molecule has 0 bridgehead atoms. The van der Waals surface area contributed by atoms with Crippen molar-refractivity contribution in [2.75, 3.05) is 0 Å². The highest BCUT2D eigenvalue weighted by Gasteiger charge is 2.48. The summed E-state index contributed by atoms with van der Waals surface area (Å²) in [6.45, 7) is 4.66. The van der Waals surface area contributed by atoms with Crippen molar-refractivity contribution in [1.29, 1.82) is 5.26 Å². The SMILES string of the molecule is CCCCCCC1(C#N)CCC2C(CCC3CC(CC)CCC32)C1. The van der Waals surface area contributed by atoms with Crippen molar-refractivity contribution < 1.29 is 0 Å². The van der Waals surface area contributed by atoms with E-state index in [0.717, 1.165) is 29.6 Å². The van der Waals surface area contributed by atoms with Crippen LogP contribution in [0.5, 0.6) is 0 Å². The second kappa shape index (κ2) is 8.25. The first-order chi connectivity index (χ1) is 11.7. The summed E-state index contributed by atoms with van der Waals surface area (Å²) < 4.78 is 0. The van der Waals surface area contributed by atoms with Crippen LogP contribution >= 0.6 is 0 Å². The van der Waals surface area contributed by atoms with Gasteiger partial charge < -0.3 is 0 Å². The van der Waals surface area contributed by atoms with Crippen LogP contribution in [0, 0.1) is 46.3 Å². The van der Waals surface area contributed by atoms with Gasteiger partial charge in [0.1, 0.15) is 0 Å². The maximum atomic E-state index is 9.94. The molecule has 0 radical (unpaired) electrons. The molecule has 136 valence electrons. The van der Waals surface area contributed by atoms with Gasteiger partial charge in [-0.15, -0.1) is 0 Å². The quantitative estimate of drug-likeness (QED) is 0.476. The van der Waals surface area contributed by atoms with Crippen molar-refractivity contribution in [3.63, 3.8) is 0 Å². The highest BCUT2D eigenvalue weighted by Crippen LogP contribution is 2.56. The van der Waals surface area contributed by atoms with Crippen molar-refractivity contribution >= 4 is 0 Å². The maximum absolute atomic E-state index is 9.94. The van der Waals surface area contributed by atoms with E-state index in [-0.39, 0.29) is 5.41 Å². The fraction of sp³-hybridized carbons (Fsp3) is 0.957. The average Bonchev–Trinajstić information content (AvgIpc) is 2.64. The summed E-state index contributed by atoms with van der Waals surface area (Å²) in [5.41, 5.74) is 0.0440. The number of hydrogen-bond acceptors (Lipinski definition) is 1. The molecule has 0 heterocycles. The molecule has 6 unspecified atom stereocenters. The zero-order valence-electron chi connectivity index (χ0n) is 16.2. The highest BCUT2D eigenvalue weighted by atomic mass is 14.5. The van der Waals surface area contributed by atoms with Gasteiger partial charge in [0.05, 0.1) is 11.5 Å². The van der Waals surface area contributed by atoms with Gasteiger partial charge in [-0.1, -0.05) is 52.4 Å². The zero-order valence-corrected chi connectivity index (χ0v) is 16.2. The van der Waals surface area contributed by atoms with E-state index in [2.05, 4.69) is 19.9 Å². The average molecular weight is 330 g/mol. The Balaban J connectivity index is 1.58. The lowest BCUT2D eigenvalue weighted by Crippen LogP contribution is -2.44. The molecule has 0 aromatic rings. The van der Waals surface area contributed by atoms with Crippen molar-refractivity contribution in [3.05, 3.63) is 0 Å². The van der Waals surface area contributed by atoms with Gasteiger partial charge >= 0.3 is 0 Å². The lowest BCUT2D eigenvalue weighted by molar-refractivity contribution is -0.0174. The largest absolute Gasteiger partial charge is 0.198 e. The van der Waals surface area contributed by atoms with Gasteiger partial charge in [0.2, 0.25) is 0 Å². The minimum absolute atomic E-state index is 0.0440.